The second-order valence-corrected chi connectivity index (χ2v) is 4.39. The fourth-order valence-corrected chi connectivity index (χ4v) is 1.81. The molecule has 1 heterocycles. The van der Waals surface area contributed by atoms with Gasteiger partial charge >= 0.3 is 5.97 Å². The first-order chi connectivity index (χ1) is 10.6. The molecular weight excluding hydrogens is 284 g/mol. The SMILES string of the molecule is C#CCNC(=O)COC(=O)c1c(-c2ccccc2)noc1C. The Balaban J connectivity index is 2.12. The maximum absolute atomic E-state index is 12.2. The van der Waals surface area contributed by atoms with Crippen molar-refractivity contribution in [2.45, 2.75) is 6.92 Å². The van der Waals surface area contributed by atoms with Gasteiger partial charge in [0.25, 0.3) is 5.91 Å². The van der Waals surface area contributed by atoms with Crippen molar-refractivity contribution in [1.29, 1.82) is 0 Å². The van der Waals surface area contributed by atoms with Crippen molar-refractivity contribution in [2.24, 2.45) is 0 Å². The van der Waals surface area contributed by atoms with Crippen LogP contribution in [-0.4, -0.2) is 30.2 Å². The van der Waals surface area contributed by atoms with Crippen molar-refractivity contribution in [2.75, 3.05) is 13.2 Å². The molecule has 2 aromatic rings. The summed E-state index contributed by atoms with van der Waals surface area (Å²) in [6.07, 6.45) is 5.02. The van der Waals surface area contributed by atoms with E-state index in [1.54, 1.807) is 19.1 Å². The highest BCUT2D eigenvalue weighted by Crippen LogP contribution is 2.25. The summed E-state index contributed by atoms with van der Waals surface area (Å²) < 4.78 is 10.0. The third-order valence-electron chi connectivity index (χ3n) is 2.84. The summed E-state index contributed by atoms with van der Waals surface area (Å²) in [7, 11) is 0. The summed E-state index contributed by atoms with van der Waals surface area (Å²) in [5, 5.41) is 6.28. The van der Waals surface area contributed by atoms with Gasteiger partial charge < -0.3 is 14.6 Å². The average Bonchev–Trinajstić information content (AvgIpc) is 2.93. The number of nitrogens with one attached hydrogen (secondary N) is 1. The Morgan fingerprint density at radius 3 is 2.77 bits per heavy atom. The molecule has 0 saturated carbocycles. The van der Waals surface area contributed by atoms with Crippen LogP contribution in [0.25, 0.3) is 11.3 Å². The molecule has 0 unspecified atom stereocenters. The molecule has 1 amide bonds. The van der Waals surface area contributed by atoms with E-state index in [9.17, 15) is 9.59 Å². The largest absolute Gasteiger partial charge is 0.452 e. The Labute approximate surface area is 127 Å². The number of hydrogen-bond donors (Lipinski definition) is 1. The van der Waals surface area contributed by atoms with Crippen LogP contribution in [0.15, 0.2) is 34.9 Å². The smallest absolute Gasteiger partial charge is 0.344 e. The standard InChI is InChI=1S/C16H14N2O4/c1-3-9-17-13(19)10-21-16(20)14-11(2)22-18-15(14)12-7-5-4-6-8-12/h1,4-8H,9-10H2,2H3,(H,17,19). The highest BCUT2D eigenvalue weighted by atomic mass is 16.5. The van der Waals surface area contributed by atoms with Crippen LogP contribution in [0.1, 0.15) is 16.1 Å². The zero-order valence-electron chi connectivity index (χ0n) is 12.0. The van der Waals surface area contributed by atoms with Gasteiger partial charge in [0.15, 0.2) is 6.61 Å². The van der Waals surface area contributed by atoms with E-state index in [1.165, 1.54) is 0 Å². The summed E-state index contributed by atoms with van der Waals surface area (Å²) in [6, 6.07) is 9.09. The second kappa shape index (κ2) is 7.09. The average molecular weight is 298 g/mol. The molecule has 0 spiro atoms. The number of carbonyl (C=O) groups excluding carboxylic acids is 2. The predicted octanol–water partition coefficient (Wildman–Crippen LogP) is 1.56. The van der Waals surface area contributed by atoms with Gasteiger partial charge in [0, 0.05) is 5.56 Å². The van der Waals surface area contributed by atoms with Crippen molar-refractivity contribution >= 4 is 11.9 Å². The first-order valence-electron chi connectivity index (χ1n) is 6.52. The molecule has 0 radical (unpaired) electrons. The lowest BCUT2D eigenvalue weighted by molar-refractivity contribution is -0.123. The number of carbonyl (C=O) groups is 2. The van der Waals surface area contributed by atoms with E-state index in [1.807, 2.05) is 18.2 Å². The maximum Gasteiger partial charge on any atom is 0.344 e. The molecule has 0 aliphatic carbocycles. The Bertz CT molecular complexity index is 713. The number of hydrogen-bond acceptors (Lipinski definition) is 5. The Morgan fingerprint density at radius 1 is 1.36 bits per heavy atom. The van der Waals surface area contributed by atoms with Crippen LogP contribution in [0.2, 0.25) is 0 Å². The van der Waals surface area contributed by atoms with Crippen LogP contribution in [-0.2, 0) is 9.53 Å². The molecule has 6 nitrogen and oxygen atoms in total. The van der Waals surface area contributed by atoms with Crippen LogP contribution >= 0.6 is 0 Å². The second-order valence-electron chi connectivity index (χ2n) is 4.39. The van der Waals surface area contributed by atoms with Crippen LogP contribution in [0.3, 0.4) is 0 Å². The highest BCUT2D eigenvalue weighted by Gasteiger charge is 2.23. The fourth-order valence-electron chi connectivity index (χ4n) is 1.81. The van der Waals surface area contributed by atoms with Gasteiger partial charge in [-0.2, -0.15) is 0 Å². The van der Waals surface area contributed by atoms with Gasteiger partial charge in [0.2, 0.25) is 0 Å². The van der Waals surface area contributed by atoms with E-state index >= 15 is 0 Å². The van der Waals surface area contributed by atoms with Crippen LogP contribution < -0.4 is 5.32 Å². The normalized spacial score (nSPS) is 9.82. The Kier molecular flexibility index (Phi) is 4.94. The molecule has 22 heavy (non-hydrogen) atoms. The molecule has 0 aliphatic heterocycles. The zero-order chi connectivity index (χ0) is 15.9. The molecule has 0 bridgehead atoms. The highest BCUT2D eigenvalue weighted by molar-refractivity contribution is 5.98. The molecule has 0 fully saturated rings. The first kappa shape index (κ1) is 15.3. The molecule has 1 aromatic heterocycles. The van der Waals surface area contributed by atoms with E-state index in [0.717, 1.165) is 5.56 Å². The fraction of sp³-hybridized carbons (Fsp3) is 0.188. The van der Waals surface area contributed by atoms with Gasteiger partial charge in [0.05, 0.1) is 6.54 Å². The van der Waals surface area contributed by atoms with Gasteiger partial charge in [0.1, 0.15) is 17.0 Å². The van der Waals surface area contributed by atoms with Gasteiger partial charge in [-0.15, -0.1) is 6.42 Å². The molecular formula is C16H14N2O4. The lowest BCUT2D eigenvalue weighted by Gasteiger charge is -2.05. The van der Waals surface area contributed by atoms with Gasteiger partial charge in [-0.1, -0.05) is 41.4 Å². The number of nitrogens with zero attached hydrogens (tertiary/aromatic N) is 1. The molecule has 0 atom stereocenters. The van der Waals surface area contributed by atoms with E-state index in [4.69, 9.17) is 15.7 Å². The summed E-state index contributed by atoms with van der Waals surface area (Å²) in [5.74, 6) is 1.44. The number of ether oxygens (including phenoxy) is 1. The summed E-state index contributed by atoms with van der Waals surface area (Å²) in [6.45, 7) is 1.27. The summed E-state index contributed by atoms with van der Waals surface area (Å²) in [5.41, 5.74) is 1.31. The monoisotopic (exact) mass is 298 g/mol. The molecule has 1 aromatic carbocycles. The van der Waals surface area contributed by atoms with Crippen LogP contribution in [0.5, 0.6) is 0 Å². The number of amides is 1. The van der Waals surface area contributed by atoms with Crippen molar-refractivity contribution in [3.63, 3.8) is 0 Å². The lowest BCUT2D eigenvalue weighted by Crippen LogP contribution is -2.29. The van der Waals surface area contributed by atoms with Crippen molar-refractivity contribution in [3.05, 3.63) is 41.7 Å². The number of aryl methyl sites for hydroxylation is 1. The summed E-state index contributed by atoms with van der Waals surface area (Å²) in [4.78, 5) is 23.5. The Hall–Kier alpha value is -3.07. The number of esters is 1. The molecule has 0 aliphatic rings. The minimum atomic E-state index is -0.673. The van der Waals surface area contributed by atoms with Gasteiger partial charge in [-0.3, -0.25) is 4.79 Å². The van der Waals surface area contributed by atoms with Gasteiger partial charge in [-0.05, 0) is 6.92 Å². The lowest BCUT2D eigenvalue weighted by atomic mass is 10.1. The molecule has 2 rings (SSSR count). The molecule has 6 heteroatoms. The van der Waals surface area contributed by atoms with Crippen molar-refractivity contribution < 1.29 is 18.8 Å². The third kappa shape index (κ3) is 3.52. The van der Waals surface area contributed by atoms with Crippen LogP contribution in [0.4, 0.5) is 0 Å². The molecule has 0 saturated heterocycles. The minimum absolute atomic E-state index is 0.0813. The Morgan fingerprint density at radius 2 is 2.09 bits per heavy atom. The minimum Gasteiger partial charge on any atom is -0.452 e. The molecule has 112 valence electrons. The number of rotatable bonds is 5. The number of terminal acetylenes is 1. The topological polar surface area (TPSA) is 81.4 Å². The van der Waals surface area contributed by atoms with E-state index in [2.05, 4.69) is 16.4 Å². The van der Waals surface area contributed by atoms with Crippen molar-refractivity contribution in [3.8, 4) is 23.6 Å². The third-order valence-corrected chi connectivity index (χ3v) is 2.84. The van der Waals surface area contributed by atoms with E-state index in [-0.39, 0.29) is 12.1 Å². The number of benzene rings is 1. The van der Waals surface area contributed by atoms with Gasteiger partial charge in [-0.25, -0.2) is 4.79 Å². The number of aromatic nitrogens is 1. The summed E-state index contributed by atoms with van der Waals surface area (Å²) >= 11 is 0. The van der Waals surface area contributed by atoms with Crippen LogP contribution in [0, 0.1) is 19.3 Å². The van der Waals surface area contributed by atoms with E-state index < -0.39 is 18.5 Å². The predicted molar refractivity (Wildman–Crippen MR) is 78.8 cm³/mol. The van der Waals surface area contributed by atoms with E-state index in [0.29, 0.717) is 11.5 Å². The maximum atomic E-state index is 12.2. The zero-order valence-corrected chi connectivity index (χ0v) is 12.0. The van der Waals surface area contributed by atoms with Crippen molar-refractivity contribution in [1.82, 2.24) is 10.5 Å². The quantitative estimate of drug-likeness (QED) is 0.669. The first-order valence-corrected chi connectivity index (χ1v) is 6.52. The molecule has 1 N–H and O–H groups in total.